The predicted molar refractivity (Wildman–Crippen MR) is 92.8 cm³/mol. The second-order valence-electron chi connectivity index (χ2n) is 6.49. The molecule has 1 fully saturated rings. The van der Waals surface area contributed by atoms with Crippen molar-refractivity contribution in [1.29, 1.82) is 0 Å². The summed E-state index contributed by atoms with van der Waals surface area (Å²) in [5, 5.41) is 6.71. The van der Waals surface area contributed by atoms with Crippen LogP contribution < -0.4 is 10.7 Å². The van der Waals surface area contributed by atoms with E-state index in [0.29, 0.717) is 31.0 Å². The standard InChI is InChI=1S/C18H24N4O2/c1-13-4-2-3-5-15(13)14-8-10-22(12-14)11-9-19-18(24)16-6-7-17(23)21-20-16/h2-5,14H,6-12H2,1H3,(H,19,24)(H,21,23)/t14-/m1/s1. The van der Waals surface area contributed by atoms with Crippen molar-refractivity contribution in [2.45, 2.75) is 32.1 Å². The number of nitrogens with zero attached hydrogens (tertiary/aromatic N) is 2. The topological polar surface area (TPSA) is 73.8 Å². The number of hydrogen-bond acceptors (Lipinski definition) is 4. The van der Waals surface area contributed by atoms with Crippen LogP contribution in [0.15, 0.2) is 29.4 Å². The fraction of sp³-hybridized carbons (Fsp3) is 0.500. The van der Waals surface area contributed by atoms with E-state index in [1.165, 1.54) is 11.1 Å². The van der Waals surface area contributed by atoms with Crippen molar-refractivity contribution in [3.63, 3.8) is 0 Å². The molecule has 3 rings (SSSR count). The molecule has 1 aromatic carbocycles. The summed E-state index contributed by atoms with van der Waals surface area (Å²) in [6, 6.07) is 8.58. The lowest BCUT2D eigenvalue weighted by Gasteiger charge is -2.18. The first-order valence-corrected chi connectivity index (χ1v) is 8.55. The summed E-state index contributed by atoms with van der Waals surface area (Å²) in [5.74, 6) is 0.273. The number of rotatable bonds is 5. The molecule has 0 unspecified atom stereocenters. The van der Waals surface area contributed by atoms with Crippen LogP contribution in [-0.2, 0) is 9.59 Å². The summed E-state index contributed by atoms with van der Waals surface area (Å²) < 4.78 is 0. The van der Waals surface area contributed by atoms with E-state index in [0.717, 1.165) is 26.1 Å². The highest BCUT2D eigenvalue weighted by Gasteiger charge is 2.24. The molecular formula is C18H24N4O2. The van der Waals surface area contributed by atoms with Gasteiger partial charge >= 0.3 is 0 Å². The number of carbonyl (C=O) groups is 2. The van der Waals surface area contributed by atoms with E-state index in [-0.39, 0.29) is 11.8 Å². The van der Waals surface area contributed by atoms with Gasteiger partial charge in [0.15, 0.2) is 0 Å². The van der Waals surface area contributed by atoms with E-state index in [1.54, 1.807) is 0 Å². The smallest absolute Gasteiger partial charge is 0.267 e. The average Bonchev–Trinajstić information content (AvgIpc) is 3.04. The molecule has 0 radical (unpaired) electrons. The zero-order valence-electron chi connectivity index (χ0n) is 14.0. The highest BCUT2D eigenvalue weighted by Crippen LogP contribution is 2.28. The van der Waals surface area contributed by atoms with Crippen molar-refractivity contribution in [3.8, 4) is 0 Å². The van der Waals surface area contributed by atoms with Crippen molar-refractivity contribution in [3.05, 3.63) is 35.4 Å². The summed E-state index contributed by atoms with van der Waals surface area (Å²) in [7, 11) is 0. The van der Waals surface area contributed by atoms with Gasteiger partial charge in [0.05, 0.1) is 0 Å². The number of hydrogen-bond donors (Lipinski definition) is 2. The Morgan fingerprint density at radius 2 is 2.21 bits per heavy atom. The molecule has 2 amide bonds. The number of hydrazone groups is 1. The van der Waals surface area contributed by atoms with Gasteiger partial charge in [-0.3, -0.25) is 9.59 Å². The summed E-state index contributed by atoms with van der Waals surface area (Å²) in [6.07, 6.45) is 1.91. The molecule has 2 heterocycles. The zero-order valence-corrected chi connectivity index (χ0v) is 14.0. The van der Waals surface area contributed by atoms with E-state index in [1.807, 2.05) is 0 Å². The maximum atomic E-state index is 12.0. The molecule has 0 aromatic heterocycles. The second-order valence-corrected chi connectivity index (χ2v) is 6.49. The molecular weight excluding hydrogens is 304 g/mol. The molecule has 0 saturated carbocycles. The number of likely N-dealkylation sites (tertiary alicyclic amines) is 1. The number of carbonyl (C=O) groups excluding carboxylic acids is 2. The first kappa shape index (κ1) is 16.6. The molecule has 2 aliphatic rings. The fourth-order valence-electron chi connectivity index (χ4n) is 3.40. The van der Waals surface area contributed by atoms with Gasteiger partial charge in [0, 0.05) is 32.5 Å². The molecule has 6 heteroatoms. The first-order valence-electron chi connectivity index (χ1n) is 8.55. The number of benzene rings is 1. The molecule has 1 aromatic rings. The van der Waals surface area contributed by atoms with Gasteiger partial charge in [-0.15, -0.1) is 0 Å². The summed E-state index contributed by atoms with van der Waals surface area (Å²) in [5.41, 5.74) is 5.56. The summed E-state index contributed by atoms with van der Waals surface area (Å²) in [4.78, 5) is 25.4. The van der Waals surface area contributed by atoms with Gasteiger partial charge in [-0.2, -0.15) is 5.10 Å². The summed E-state index contributed by atoms with van der Waals surface area (Å²) in [6.45, 7) is 5.71. The van der Waals surface area contributed by atoms with Crippen molar-refractivity contribution in [2.75, 3.05) is 26.2 Å². The molecule has 0 spiro atoms. The molecule has 0 bridgehead atoms. The van der Waals surface area contributed by atoms with Crippen molar-refractivity contribution >= 4 is 17.5 Å². The van der Waals surface area contributed by atoms with Crippen LogP contribution in [-0.4, -0.2) is 48.6 Å². The third kappa shape index (κ3) is 4.00. The number of nitrogens with one attached hydrogen (secondary N) is 2. The lowest BCUT2D eigenvalue weighted by Crippen LogP contribution is -2.40. The molecule has 0 aliphatic carbocycles. The Hall–Kier alpha value is -2.21. The molecule has 24 heavy (non-hydrogen) atoms. The number of amides is 2. The van der Waals surface area contributed by atoms with Crippen molar-refractivity contribution in [2.24, 2.45) is 5.10 Å². The van der Waals surface area contributed by atoms with E-state index in [2.05, 4.69) is 51.9 Å². The average molecular weight is 328 g/mol. The van der Waals surface area contributed by atoms with Crippen LogP contribution in [0.2, 0.25) is 0 Å². The highest BCUT2D eigenvalue weighted by molar-refractivity contribution is 6.39. The Kier molecular flexibility index (Phi) is 5.25. The van der Waals surface area contributed by atoms with Gasteiger partial charge < -0.3 is 10.2 Å². The Labute approximate surface area is 142 Å². The van der Waals surface area contributed by atoms with E-state index < -0.39 is 0 Å². The van der Waals surface area contributed by atoms with E-state index >= 15 is 0 Å². The monoisotopic (exact) mass is 328 g/mol. The minimum atomic E-state index is -0.176. The lowest BCUT2D eigenvalue weighted by molar-refractivity contribution is -0.121. The SMILES string of the molecule is Cc1ccccc1[C@@H]1CCN(CCNC(=O)C2=NNC(=O)CC2)C1. The largest absolute Gasteiger partial charge is 0.350 e. The lowest BCUT2D eigenvalue weighted by atomic mass is 9.94. The maximum Gasteiger partial charge on any atom is 0.267 e. The van der Waals surface area contributed by atoms with Gasteiger partial charge in [0.2, 0.25) is 5.91 Å². The van der Waals surface area contributed by atoms with Crippen LogP contribution in [0.3, 0.4) is 0 Å². The Morgan fingerprint density at radius 1 is 1.38 bits per heavy atom. The van der Waals surface area contributed by atoms with Gasteiger partial charge in [-0.05, 0) is 36.9 Å². The van der Waals surface area contributed by atoms with E-state index in [9.17, 15) is 9.59 Å². The molecule has 128 valence electrons. The molecule has 6 nitrogen and oxygen atoms in total. The van der Waals surface area contributed by atoms with E-state index in [4.69, 9.17) is 0 Å². The van der Waals surface area contributed by atoms with Crippen LogP contribution in [0, 0.1) is 6.92 Å². The van der Waals surface area contributed by atoms with Gasteiger partial charge in [-0.25, -0.2) is 5.43 Å². The van der Waals surface area contributed by atoms with Crippen LogP contribution in [0.25, 0.3) is 0 Å². The quantitative estimate of drug-likeness (QED) is 0.852. The molecule has 1 saturated heterocycles. The molecule has 2 aliphatic heterocycles. The Balaban J connectivity index is 1.43. The van der Waals surface area contributed by atoms with Gasteiger partial charge in [0.1, 0.15) is 5.71 Å². The minimum Gasteiger partial charge on any atom is -0.350 e. The Bertz CT molecular complexity index is 656. The normalized spacial score (nSPS) is 21.3. The zero-order chi connectivity index (χ0) is 16.9. The van der Waals surface area contributed by atoms with Gasteiger partial charge in [0.25, 0.3) is 5.91 Å². The van der Waals surface area contributed by atoms with Gasteiger partial charge in [-0.1, -0.05) is 24.3 Å². The highest BCUT2D eigenvalue weighted by atomic mass is 16.2. The first-order chi connectivity index (χ1) is 11.6. The van der Waals surface area contributed by atoms with Crippen molar-refractivity contribution < 1.29 is 9.59 Å². The van der Waals surface area contributed by atoms with Crippen LogP contribution >= 0.6 is 0 Å². The maximum absolute atomic E-state index is 12.0. The predicted octanol–water partition coefficient (Wildman–Crippen LogP) is 1.17. The third-order valence-corrected chi connectivity index (χ3v) is 4.78. The third-order valence-electron chi connectivity index (χ3n) is 4.78. The molecule has 1 atom stereocenters. The van der Waals surface area contributed by atoms with Crippen LogP contribution in [0.4, 0.5) is 0 Å². The minimum absolute atomic E-state index is 0.133. The molecule has 2 N–H and O–H groups in total. The van der Waals surface area contributed by atoms with Crippen molar-refractivity contribution in [1.82, 2.24) is 15.6 Å². The van der Waals surface area contributed by atoms with Crippen LogP contribution in [0.5, 0.6) is 0 Å². The number of aryl methyl sites for hydroxylation is 1. The van der Waals surface area contributed by atoms with Crippen LogP contribution in [0.1, 0.15) is 36.3 Å². The summed E-state index contributed by atoms with van der Waals surface area (Å²) >= 11 is 0. The Morgan fingerprint density at radius 3 is 2.96 bits per heavy atom. The fourth-order valence-corrected chi connectivity index (χ4v) is 3.40. The second kappa shape index (κ2) is 7.57.